The summed E-state index contributed by atoms with van der Waals surface area (Å²) in [4.78, 5) is 0. The second-order valence-electron chi connectivity index (χ2n) is 18.5. The van der Waals surface area contributed by atoms with Crippen LogP contribution in [0.2, 0.25) is 0 Å². The average Bonchev–Trinajstić information content (AvgIpc) is 3.41. The van der Waals surface area contributed by atoms with Gasteiger partial charge in [-0.2, -0.15) is 0 Å². The molecule has 2 aliphatic heterocycles. The van der Waals surface area contributed by atoms with Gasteiger partial charge in [0.15, 0.2) is 0 Å². The van der Waals surface area contributed by atoms with E-state index in [2.05, 4.69) is 0 Å². The summed E-state index contributed by atoms with van der Waals surface area (Å²) in [5.41, 5.74) is 6.94. The topological polar surface area (TPSA) is 114 Å². The van der Waals surface area contributed by atoms with Crippen LogP contribution in [0.5, 0.6) is 11.5 Å². The maximum atomic E-state index is 12.3. The molecular formula is C61H64O10. The molecule has 6 unspecified atom stereocenters. The van der Waals surface area contributed by atoms with Gasteiger partial charge in [0.05, 0.1) is 51.8 Å². The van der Waals surface area contributed by atoms with Crippen LogP contribution in [0.4, 0.5) is 0 Å². The van der Waals surface area contributed by atoms with Gasteiger partial charge in [-0.15, -0.1) is 0 Å². The number of ether oxygens (including phenoxy) is 8. The Balaban J connectivity index is 1.12. The molecule has 0 aromatic heterocycles. The first-order chi connectivity index (χ1) is 34.8. The maximum absolute atomic E-state index is 12.3. The first kappa shape index (κ1) is 49.8. The molecule has 10 atom stereocenters. The number of phenolic OH excluding ortho intramolecular Hbond substituents is 2. The van der Waals surface area contributed by atoms with Crippen LogP contribution in [0, 0.1) is 6.92 Å². The Bertz CT molecular complexity index is 2490. The molecule has 7 aromatic carbocycles. The van der Waals surface area contributed by atoms with Gasteiger partial charge < -0.3 is 48.1 Å². The lowest BCUT2D eigenvalue weighted by Gasteiger charge is -2.47. The van der Waals surface area contributed by atoms with Gasteiger partial charge in [0, 0.05) is 16.7 Å². The Labute approximate surface area is 417 Å². The van der Waals surface area contributed by atoms with E-state index in [-0.39, 0.29) is 43.5 Å². The van der Waals surface area contributed by atoms with E-state index in [0.29, 0.717) is 24.3 Å². The molecule has 0 spiro atoms. The fraction of sp³-hybridized carbons (Fsp3) is 0.311. The Morgan fingerprint density at radius 1 is 0.338 bits per heavy atom. The van der Waals surface area contributed by atoms with E-state index in [0.717, 1.165) is 33.4 Å². The quantitative estimate of drug-likeness (QED) is 0.0765. The Morgan fingerprint density at radius 3 is 0.817 bits per heavy atom. The van der Waals surface area contributed by atoms with Crippen LogP contribution in [-0.2, 0) is 77.5 Å². The maximum Gasteiger partial charge on any atom is 0.128 e. The van der Waals surface area contributed by atoms with E-state index in [1.165, 1.54) is 0 Å². The molecule has 71 heavy (non-hydrogen) atoms. The molecule has 0 radical (unpaired) electrons. The first-order valence-corrected chi connectivity index (χ1v) is 24.6. The highest BCUT2D eigenvalue weighted by Gasteiger charge is 2.51. The summed E-state index contributed by atoms with van der Waals surface area (Å²) in [6.45, 7) is 7.26. The largest absolute Gasteiger partial charge is 0.507 e. The van der Waals surface area contributed by atoms with Crippen molar-refractivity contribution >= 4 is 0 Å². The number of hydrogen-bond donors (Lipinski definition) is 2. The second-order valence-corrected chi connectivity index (χ2v) is 18.5. The van der Waals surface area contributed by atoms with Crippen molar-refractivity contribution in [2.75, 3.05) is 0 Å². The van der Waals surface area contributed by atoms with Crippen LogP contribution in [0.1, 0.15) is 76.1 Å². The van der Waals surface area contributed by atoms with Crippen molar-refractivity contribution in [1.29, 1.82) is 0 Å². The highest BCUT2D eigenvalue weighted by Crippen LogP contribution is 2.49. The van der Waals surface area contributed by atoms with E-state index in [1.807, 2.05) is 196 Å². The number of hydrogen-bond acceptors (Lipinski definition) is 10. The lowest BCUT2D eigenvalue weighted by Crippen LogP contribution is -2.56. The Morgan fingerprint density at radius 2 is 0.563 bits per heavy atom. The summed E-state index contributed by atoms with van der Waals surface area (Å²) in [5, 5.41) is 24.6. The normalized spacial score (nSPS) is 24.4. The van der Waals surface area contributed by atoms with Crippen LogP contribution in [0.15, 0.2) is 188 Å². The van der Waals surface area contributed by atoms with Gasteiger partial charge in [-0.05, 0) is 60.2 Å². The molecule has 9 rings (SSSR count). The standard InChI is InChI=1S/C61H64O10/c1-41-52(62)50(56-60(68-39-48-30-18-8-19-31-48)58(66-37-46-26-14-6-15-27-46)54(42(2)70-56)64-35-44-22-10-4-11-23-44)34-51(53(41)63)57-61(69-40-49-32-20-9-21-33-49)59(67-38-47-28-16-7-17-29-47)55(43(3)71-57)65-36-45-24-12-5-13-25-45/h4-34,42-43,54-63H,35-40H2,1-3H3/t42?,43?,54-,55-,56-,57-,58?,59?,60?,61?/m1/s1. The summed E-state index contributed by atoms with van der Waals surface area (Å²) in [7, 11) is 0. The van der Waals surface area contributed by atoms with E-state index in [9.17, 15) is 10.2 Å². The number of benzene rings is 7. The number of phenols is 2. The molecule has 368 valence electrons. The predicted octanol–water partition coefficient (Wildman–Crippen LogP) is 11.8. The summed E-state index contributed by atoms with van der Waals surface area (Å²) >= 11 is 0. The molecule has 2 fully saturated rings. The SMILES string of the molecule is Cc1c(O)c([C@H]2OC(C)[C@@H](OCc3ccccc3)C(OCc3ccccc3)C2OCc2ccccc2)cc([C@H]2OC(C)[C@@H](OCc3ccccc3)C(OCc3ccccc3)C2OCc2ccccc2)c1O. The lowest BCUT2D eigenvalue weighted by atomic mass is 9.85. The Kier molecular flexibility index (Phi) is 17.0. The first-order valence-electron chi connectivity index (χ1n) is 24.6. The monoisotopic (exact) mass is 956 g/mol. The minimum absolute atomic E-state index is 0.131. The zero-order valence-electron chi connectivity index (χ0n) is 40.6. The Hall–Kier alpha value is -6.18. The zero-order chi connectivity index (χ0) is 48.9. The van der Waals surface area contributed by atoms with E-state index in [4.69, 9.17) is 37.9 Å². The summed E-state index contributed by atoms with van der Waals surface area (Å²) < 4.78 is 55.4. The minimum atomic E-state index is -0.902. The van der Waals surface area contributed by atoms with Crippen LogP contribution < -0.4 is 0 Å². The number of aromatic hydroxyl groups is 2. The predicted molar refractivity (Wildman–Crippen MR) is 271 cm³/mol. The van der Waals surface area contributed by atoms with E-state index in [1.54, 1.807) is 13.0 Å². The molecule has 2 saturated heterocycles. The summed E-state index contributed by atoms with van der Waals surface area (Å²) in [6.07, 6.45) is -7.02. The van der Waals surface area contributed by atoms with Gasteiger partial charge in [-0.25, -0.2) is 0 Å². The second kappa shape index (κ2) is 24.3. The van der Waals surface area contributed by atoms with Gasteiger partial charge in [-0.1, -0.05) is 182 Å². The zero-order valence-corrected chi connectivity index (χ0v) is 40.6. The van der Waals surface area contributed by atoms with Gasteiger partial charge in [0.1, 0.15) is 60.3 Å². The van der Waals surface area contributed by atoms with Crippen molar-refractivity contribution < 1.29 is 48.1 Å². The van der Waals surface area contributed by atoms with Gasteiger partial charge >= 0.3 is 0 Å². The van der Waals surface area contributed by atoms with Gasteiger partial charge in [0.25, 0.3) is 0 Å². The average molecular weight is 957 g/mol. The molecule has 2 aliphatic rings. The van der Waals surface area contributed by atoms with E-state index >= 15 is 0 Å². The minimum Gasteiger partial charge on any atom is -0.507 e. The smallest absolute Gasteiger partial charge is 0.128 e. The lowest BCUT2D eigenvalue weighted by molar-refractivity contribution is -0.265. The fourth-order valence-electron chi connectivity index (χ4n) is 9.61. The van der Waals surface area contributed by atoms with Crippen LogP contribution in [0.25, 0.3) is 0 Å². The van der Waals surface area contributed by atoms with Gasteiger partial charge in [0.2, 0.25) is 0 Å². The molecule has 0 aliphatic carbocycles. The fourth-order valence-corrected chi connectivity index (χ4v) is 9.61. The van der Waals surface area contributed by atoms with E-state index < -0.39 is 61.0 Å². The molecule has 0 saturated carbocycles. The number of rotatable bonds is 20. The van der Waals surface area contributed by atoms with Crippen LogP contribution in [-0.4, -0.2) is 59.0 Å². The highest BCUT2D eigenvalue weighted by atomic mass is 16.6. The van der Waals surface area contributed by atoms with Crippen molar-refractivity contribution in [2.24, 2.45) is 0 Å². The van der Waals surface area contributed by atoms with Crippen LogP contribution >= 0.6 is 0 Å². The van der Waals surface area contributed by atoms with Crippen molar-refractivity contribution in [3.05, 3.63) is 238 Å². The molecular weight excluding hydrogens is 893 g/mol. The van der Waals surface area contributed by atoms with Crippen LogP contribution in [0.3, 0.4) is 0 Å². The molecule has 7 aromatic rings. The third-order valence-corrected chi connectivity index (χ3v) is 13.4. The highest BCUT2D eigenvalue weighted by molar-refractivity contribution is 5.55. The van der Waals surface area contributed by atoms with Crippen molar-refractivity contribution in [2.45, 2.75) is 121 Å². The molecule has 2 heterocycles. The summed E-state index contributed by atoms with van der Waals surface area (Å²) in [5.74, 6) is -0.262. The molecule has 0 amide bonds. The third kappa shape index (κ3) is 12.5. The molecule has 10 heteroatoms. The molecule has 10 nitrogen and oxygen atoms in total. The van der Waals surface area contributed by atoms with Gasteiger partial charge in [-0.3, -0.25) is 0 Å². The summed E-state index contributed by atoms with van der Waals surface area (Å²) in [6, 6.07) is 61.7. The molecule has 0 bridgehead atoms. The van der Waals surface area contributed by atoms with Crippen molar-refractivity contribution in [1.82, 2.24) is 0 Å². The third-order valence-electron chi connectivity index (χ3n) is 13.4. The van der Waals surface area contributed by atoms with Crippen molar-refractivity contribution in [3.63, 3.8) is 0 Å². The van der Waals surface area contributed by atoms with Crippen molar-refractivity contribution in [3.8, 4) is 11.5 Å². The molecule has 2 N–H and O–H groups in total.